The van der Waals surface area contributed by atoms with E-state index in [1.54, 1.807) is 6.07 Å². The number of hydrogen-bond donors (Lipinski definition) is 1. The van der Waals surface area contributed by atoms with Crippen LogP contribution in [-0.2, 0) is 0 Å². The molecule has 1 aliphatic carbocycles. The molecule has 1 aromatic carbocycles. The number of carbonyl (C=O) groups excluding carboxylic acids is 1. The maximum Gasteiger partial charge on any atom is 0.263 e. The molecule has 1 amide bonds. The summed E-state index contributed by atoms with van der Waals surface area (Å²) in [5.41, 5.74) is 5.80. The summed E-state index contributed by atoms with van der Waals surface area (Å²) >= 11 is 1.35. The Balaban J connectivity index is 1.85. The van der Waals surface area contributed by atoms with Crippen LogP contribution in [0, 0.1) is 11.7 Å². The van der Waals surface area contributed by atoms with E-state index in [1.807, 2.05) is 18.0 Å². The summed E-state index contributed by atoms with van der Waals surface area (Å²) in [5.74, 6) is 0.142. The van der Waals surface area contributed by atoms with Crippen LogP contribution in [0.4, 0.5) is 4.39 Å². The van der Waals surface area contributed by atoms with E-state index in [1.165, 1.54) is 23.5 Å². The summed E-state index contributed by atoms with van der Waals surface area (Å²) in [6, 6.07) is 6.70. The van der Waals surface area contributed by atoms with E-state index in [2.05, 4.69) is 0 Å². The number of amides is 1. The van der Waals surface area contributed by atoms with Gasteiger partial charge in [-0.1, -0.05) is 12.5 Å². The Labute approximate surface area is 127 Å². The van der Waals surface area contributed by atoms with Gasteiger partial charge in [0.1, 0.15) is 5.82 Å². The molecule has 0 bridgehead atoms. The monoisotopic (exact) mass is 306 g/mol. The number of carbonyl (C=O) groups is 1. The number of thiophene rings is 1. The van der Waals surface area contributed by atoms with Gasteiger partial charge in [-0.15, -0.1) is 11.3 Å². The van der Waals surface area contributed by atoms with Crippen LogP contribution in [0.2, 0.25) is 0 Å². The van der Waals surface area contributed by atoms with Gasteiger partial charge in [0.05, 0.1) is 4.88 Å². The van der Waals surface area contributed by atoms with Crippen molar-refractivity contribution in [1.82, 2.24) is 4.90 Å². The Morgan fingerprint density at radius 1 is 1.43 bits per heavy atom. The van der Waals surface area contributed by atoms with E-state index in [0.29, 0.717) is 17.3 Å². The summed E-state index contributed by atoms with van der Waals surface area (Å²) in [6.45, 7) is 0.625. The van der Waals surface area contributed by atoms with Gasteiger partial charge in [-0.05, 0) is 48.9 Å². The SMILES string of the molecule is CN(C(=O)c1cc2ccc(F)cc2s1)C1CCCC1CN. The van der Waals surface area contributed by atoms with Crippen molar-refractivity contribution in [2.24, 2.45) is 11.7 Å². The minimum Gasteiger partial charge on any atom is -0.338 e. The van der Waals surface area contributed by atoms with E-state index < -0.39 is 0 Å². The summed E-state index contributed by atoms with van der Waals surface area (Å²) in [7, 11) is 1.85. The second-order valence-corrected chi connectivity index (χ2v) is 6.79. The number of hydrogen-bond acceptors (Lipinski definition) is 3. The third kappa shape index (κ3) is 2.68. The zero-order valence-corrected chi connectivity index (χ0v) is 12.8. The maximum absolute atomic E-state index is 13.2. The van der Waals surface area contributed by atoms with Crippen LogP contribution in [0.25, 0.3) is 10.1 Å². The standard InChI is InChI=1S/C16H19FN2OS/c1-19(13-4-2-3-11(13)9-18)16(20)15-7-10-5-6-12(17)8-14(10)21-15/h5-8,11,13H,2-4,9,18H2,1H3. The summed E-state index contributed by atoms with van der Waals surface area (Å²) < 4.78 is 14.1. The van der Waals surface area contributed by atoms with Gasteiger partial charge in [0.2, 0.25) is 0 Å². The van der Waals surface area contributed by atoms with Gasteiger partial charge < -0.3 is 10.6 Å². The van der Waals surface area contributed by atoms with E-state index in [4.69, 9.17) is 5.73 Å². The minimum absolute atomic E-state index is 0.0157. The molecule has 0 radical (unpaired) electrons. The van der Waals surface area contributed by atoms with Gasteiger partial charge in [0, 0.05) is 17.8 Å². The quantitative estimate of drug-likeness (QED) is 0.946. The highest BCUT2D eigenvalue weighted by molar-refractivity contribution is 7.20. The van der Waals surface area contributed by atoms with Crippen LogP contribution >= 0.6 is 11.3 Å². The van der Waals surface area contributed by atoms with E-state index >= 15 is 0 Å². The molecule has 2 N–H and O–H groups in total. The van der Waals surface area contributed by atoms with Gasteiger partial charge in [-0.3, -0.25) is 4.79 Å². The molecule has 2 unspecified atom stereocenters. The molecule has 0 spiro atoms. The summed E-state index contributed by atoms with van der Waals surface area (Å²) in [6.07, 6.45) is 3.24. The first-order chi connectivity index (χ1) is 10.1. The lowest BCUT2D eigenvalue weighted by molar-refractivity contribution is 0.0705. The van der Waals surface area contributed by atoms with Crippen LogP contribution in [0.5, 0.6) is 0 Å². The number of fused-ring (bicyclic) bond motifs is 1. The van der Waals surface area contributed by atoms with Crippen molar-refractivity contribution in [1.29, 1.82) is 0 Å². The number of benzene rings is 1. The molecule has 0 saturated heterocycles. The third-order valence-electron chi connectivity index (χ3n) is 4.43. The third-order valence-corrected chi connectivity index (χ3v) is 5.52. The topological polar surface area (TPSA) is 46.3 Å². The molecule has 5 heteroatoms. The molecule has 2 atom stereocenters. The highest BCUT2D eigenvalue weighted by Crippen LogP contribution is 2.32. The second kappa shape index (κ2) is 5.73. The first-order valence-corrected chi connectivity index (χ1v) is 8.08. The Morgan fingerprint density at radius 2 is 2.24 bits per heavy atom. The predicted octanol–water partition coefficient (Wildman–Crippen LogP) is 3.24. The van der Waals surface area contributed by atoms with Crippen molar-refractivity contribution in [3.05, 3.63) is 35.0 Å². The predicted molar refractivity (Wildman–Crippen MR) is 84.1 cm³/mol. The largest absolute Gasteiger partial charge is 0.338 e. The highest BCUT2D eigenvalue weighted by atomic mass is 32.1. The molecular weight excluding hydrogens is 287 g/mol. The van der Waals surface area contributed by atoms with Gasteiger partial charge in [0.25, 0.3) is 5.91 Å². The van der Waals surface area contributed by atoms with E-state index in [9.17, 15) is 9.18 Å². The van der Waals surface area contributed by atoms with Gasteiger partial charge in [0.15, 0.2) is 0 Å². The van der Waals surface area contributed by atoms with Crippen molar-refractivity contribution in [2.45, 2.75) is 25.3 Å². The lowest BCUT2D eigenvalue weighted by Crippen LogP contribution is -2.41. The normalized spacial score (nSPS) is 21.9. The molecule has 1 saturated carbocycles. The zero-order chi connectivity index (χ0) is 15.0. The highest BCUT2D eigenvalue weighted by Gasteiger charge is 2.32. The maximum atomic E-state index is 13.2. The molecule has 0 aliphatic heterocycles. The molecule has 112 valence electrons. The Bertz CT molecular complexity index is 669. The molecule has 1 fully saturated rings. The van der Waals surface area contributed by atoms with Crippen LogP contribution in [0.15, 0.2) is 24.3 Å². The molecule has 1 aromatic heterocycles. The second-order valence-electron chi connectivity index (χ2n) is 5.70. The van der Waals surface area contributed by atoms with Crippen molar-refractivity contribution >= 4 is 27.3 Å². The Hall–Kier alpha value is -1.46. The number of nitrogens with two attached hydrogens (primary N) is 1. The fraction of sp³-hybridized carbons (Fsp3) is 0.438. The Kier molecular flexibility index (Phi) is 3.95. The first-order valence-electron chi connectivity index (χ1n) is 7.26. The lowest BCUT2D eigenvalue weighted by Gasteiger charge is -2.28. The van der Waals surface area contributed by atoms with Crippen LogP contribution in [0.1, 0.15) is 28.9 Å². The summed E-state index contributed by atoms with van der Waals surface area (Å²) in [5, 5.41) is 0.917. The molecular formula is C16H19FN2OS. The van der Waals surface area contributed by atoms with Crippen LogP contribution < -0.4 is 5.73 Å². The smallest absolute Gasteiger partial charge is 0.263 e. The van der Waals surface area contributed by atoms with E-state index in [-0.39, 0.29) is 17.8 Å². The fourth-order valence-corrected chi connectivity index (χ4v) is 4.31. The van der Waals surface area contributed by atoms with Gasteiger partial charge in [-0.25, -0.2) is 4.39 Å². The molecule has 3 nitrogen and oxygen atoms in total. The zero-order valence-electron chi connectivity index (χ0n) is 12.0. The lowest BCUT2D eigenvalue weighted by atomic mass is 10.0. The average Bonchev–Trinajstić information content (AvgIpc) is 3.11. The van der Waals surface area contributed by atoms with Crippen molar-refractivity contribution in [3.63, 3.8) is 0 Å². The van der Waals surface area contributed by atoms with Gasteiger partial charge >= 0.3 is 0 Å². The molecule has 1 aliphatic rings. The number of nitrogens with zero attached hydrogens (tertiary/aromatic N) is 1. The van der Waals surface area contributed by atoms with E-state index in [0.717, 1.165) is 29.3 Å². The summed E-state index contributed by atoms with van der Waals surface area (Å²) in [4.78, 5) is 15.1. The van der Waals surface area contributed by atoms with Crippen molar-refractivity contribution < 1.29 is 9.18 Å². The number of rotatable bonds is 3. The molecule has 21 heavy (non-hydrogen) atoms. The van der Waals surface area contributed by atoms with Crippen LogP contribution in [-0.4, -0.2) is 30.4 Å². The molecule has 2 aromatic rings. The minimum atomic E-state index is -0.268. The average molecular weight is 306 g/mol. The van der Waals surface area contributed by atoms with Crippen molar-refractivity contribution in [2.75, 3.05) is 13.6 Å². The number of halogens is 1. The van der Waals surface area contributed by atoms with Crippen molar-refractivity contribution in [3.8, 4) is 0 Å². The Morgan fingerprint density at radius 3 is 3.00 bits per heavy atom. The first kappa shape index (κ1) is 14.5. The van der Waals surface area contributed by atoms with Gasteiger partial charge in [-0.2, -0.15) is 0 Å². The van der Waals surface area contributed by atoms with Crippen LogP contribution in [0.3, 0.4) is 0 Å². The molecule has 3 rings (SSSR count). The fourth-order valence-electron chi connectivity index (χ4n) is 3.24. The molecule has 1 heterocycles.